The van der Waals surface area contributed by atoms with Gasteiger partial charge in [-0.3, -0.25) is 0 Å². The summed E-state index contributed by atoms with van der Waals surface area (Å²) in [4.78, 5) is 12.1. The molecule has 0 atom stereocenters. The van der Waals surface area contributed by atoms with E-state index in [9.17, 15) is 4.79 Å². The number of ether oxygens (including phenoxy) is 2. The number of nitrogens with one attached hydrogen (secondary N) is 1. The Labute approximate surface area is 162 Å². The van der Waals surface area contributed by atoms with Gasteiger partial charge in [-0.15, -0.1) is 6.42 Å². The Hall–Kier alpha value is -2.55. The van der Waals surface area contributed by atoms with Crippen LogP contribution in [-0.2, 0) is 16.1 Å². The van der Waals surface area contributed by atoms with Crippen LogP contribution in [0.3, 0.4) is 0 Å². The van der Waals surface area contributed by atoms with Crippen LogP contribution in [0.2, 0.25) is 0 Å². The zero-order valence-corrected chi connectivity index (χ0v) is 16.1. The molecule has 0 heterocycles. The summed E-state index contributed by atoms with van der Waals surface area (Å²) in [6, 6.07) is 15.5. The van der Waals surface area contributed by atoms with Gasteiger partial charge in [-0.25, -0.2) is 4.79 Å². The molecule has 0 aliphatic carbocycles. The quantitative estimate of drug-likeness (QED) is 0.309. The van der Waals surface area contributed by atoms with Crippen LogP contribution in [0.25, 0.3) is 6.08 Å². The highest BCUT2D eigenvalue weighted by molar-refractivity contribution is 9.10. The summed E-state index contributed by atoms with van der Waals surface area (Å²) in [6.45, 7) is 1.11. The van der Waals surface area contributed by atoms with Gasteiger partial charge in [0.1, 0.15) is 12.4 Å². The smallest absolute Gasteiger partial charge is 0.335 e. The minimum atomic E-state index is -0.413. The molecule has 2 rings (SSSR count). The number of hydrogen-bond donors (Lipinski definition) is 1. The summed E-state index contributed by atoms with van der Waals surface area (Å²) in [6.07, 6.45) is 6.99. The average Bonchev–Trinajstić information content (AvgIpc) is 2.67. The topological polar surface area (TPSA) is 47.6 Å². The Morgan fingerprint density at radius 3 is 2.73 bits per heavy atom. The first kappa shape index (κ1) is 19.8. The van der Waals surface area contributed by atoms with Crippen LogP contribution in [0.5, 0.6) is 5.75 Å². The molecule has 0 saturated carbocycles. The molecule has 2 aromatic carbocycles. The molecule has 1 N–H and O–H groups in total. The van der Waals surface area contributed by atoms with Crippen molar-refractivity contribution < 1.29 is 14.3 Å². The van der Waals surface area contributed by atoms with Crippen LogP contribution in [0, 0.1) is 12.3 Å². The van der Waals surface area contributed by atoms with Crippen LogP contribution >= 0.6 is 15.9 Å². The van der Waals surface area contributed by atoms with Crippen molar-refractivity contribution in [3.63, 3.8) is 0 Å². The first-order chi connectivity index (χ1) is 12.6. The van der Waals surface area contributed by atoms with E-state index in [1.165, 1.54) is 7.11 Å². The molecule has 0 aliphatic heterocycles. The predicted octanol–water partition coefficient (Wildman–Crippen LogP) is 3.81. The third-order valence-electron chi connectivity index (χ3n) is 3.53. The summed E-state index contributed by atoms with van der Waals surface area (Å²) in [5.41, 5.74) is 2.30. The first-order valence-corrected chi connectivity index (χ1v) is 8.82. The summed E-state index contributed by atoms with van der Waals surface area (Å²) < 4.78 is 11.7. The molecule has 0 saturated heterocycles. The van der Waals surface area contributed by atoms with E-state index in [0.717, 1.165) is 15.6 Å². The van der Waals surface area contributed by atoms with Crippen molar-refractivity contribution in [3.8, 4) is 18.1 Å². The third-order valence-corrected chi connectivity index (χ3v) is 4.02. The van der Waals surface area contributed by atoms with Crippen molar-refractivity contribution in [2.45, 2.75) is 6.61 Å². The lowest BCUT2D eigenvalue weighted by Crippen LogP contribution is -2.22. The number of esters is 1. The number of terminal acetylenes is 1. The second kappa shape index (κ2) is 10.4. The lowest BCUT2D eigenvalue weighted by Gasteiger charge is -2.12. The number of rotatable bonds is 8. The summed E-state index contributed by atoms with van der Waals surface area (Å²) in [7, 11) is 1.35. The van der Waals surface area contributed by atoms with Gasteiger partial charge < -0.3 is 14.8 Å². The number of benzene rings is 2. The minimum absolute atomic E-state index is 0.307. The van der Waals surface area contributed by atoms with Crippen molar-refractivity contribution in [1.82, 2.24) is 5.32 Å². The van der Waals surface area contributed by atoms with Crippen LogP contribution < -0.4 is 10.1 Å². The van der Waals surface area contributed by atoms with Crippen molar-refractivity contribution in [3.05, 3.63) is 69.7 Å². The zero-order chi connectivity index (χ0) is 18.8. The molecular formula is C21H20BrNO3. The zero-order valence-electron chi connectivity index (χ0n) is 14.5. The van der Waals surface area contributed by atoms with Gasteiger partial charge in [0, 0.05) is 16.6 Å². The minimum Gasteiger partial charge on any atom is -0.488 e. The predicted molar refractivity (Wildman–Crippen MR) is 107 cm³/mol. The highest BCUT2D eigenvalue weighted by Gasteiger charge is 2.12. The Bertz CT molecular complexity index is 810. The molecule has 4 nitrogen and oxygen atoms in total. The fourth-order valence-corrected chi connectivity index (χ4v) is 2.65. The summed E-state index contributed by atoms with van der Waals surface area (Å²) >= 11 is 3.46. The number of methoxy groups -OCH3 is 1. The highest BCUT2D eigenvalue weighted by Crippen LogP contribution is 2.26. The number of hydrogen-bond acceptors (Lipinski definition) is 4. The van der Waals surface area contributed by atoms with E-state index >= 15 is 0 Å². The molecule has 0 radical (unpaired) electrons. The lowest BCUT2D eigenvalue weighted by atomic mass is 10.1. The summed E-state index contributed by atoms with van der Waals surface area (Å²) in [5.74, 6) is 2.74. The molecule has 2 aromatic rings. The van der Waals surface area contributed by atoms with Crippen molar-refractivity contribution >= 4 is 28.0 Å². The first-order valence-electron chi connectivity index (χ1n) is 8.03. The molecule has 0 unspecified atom stereocenters. The SMILES string of the molecule is C#CCNC/C(=C\c1cc(Br)ccc1OCc1ccccc1)C(=O)OC. The van der Waals surface area contributed by atoms with Gasteiger partial charge in [-0.1, -0.05) is 52.2 Å². The van der Waals surface area contributed by atoms with E-state index in [4.69, 9.17) is 15.9 Å². The second-order valence-corrected chi connectivity index (χ2v) is 6.34. The maximum Gasteiger partial charge on any atom is 0.335 e. The van der Waals surface area contributed by atoms with Crippen molar-refractivity contribution in [2.24, 2.45) is 0 Å². The molecule has 0 amide bonds. The van der Waals surface area contributed by atoms with Gasteiger partial charge in [-0.05, 0) is 29.8 Å². The molecule has 0 bridgehead atoms. The van der Waals surface area contributed by atoms with Gasteiger partial charge in [0.25, 0.3) is 0 Å². The fourth-order valence-electron chi connectivity index (χ4n) is 2.27. The largest absolute Gasteiger partial charge is 0.488 e. The van der Waals surface area contributed by atoms with E-state index in [-0.39, 0.29) is 0 Å². The van der Waals surface area contributed by atoms with Gasteiger partial charge in [0.2, 0.25) is 0 Å². The molecular weight excluding hydrogens is 394 g/mol. The molecule has 0 aliphatic rings. The summed E-state index contributed by atoms with van der Waals surface area (Å²) in [5, 5.41) is 3.00. The Morgan fingerprint density at radius 1 is 1.27 bits per heavy atom. The second-order valence-electron chi connectivity index (χ2n) is 5.43. The third kappa shape index (κ3) is 6.07. The molecule has 26 heavy (non-hydrogen) atoms. The van der Waals surface area contributed by atoms with Crippen molar-refractivity contribution in [1.29, 1.82) is 0 Å². The average molecular weight is 414 g/mol. The van der Waals surface area contributed by atoms with Gasteiger partial charge >= 0.3 is 5.97 Å². The molecule has 134 valence electrons. The lowest BCUT2D eigenvalue weighted by molar-refractivity contribution is -0.136. The monoisotopic (exact) mass is 413 g/mol. The van der Waals surface area contributed by atoms with E-state index < -0.39 is 5.97 Å². The Morgan fingerprint density at radius 2 is 2.04 bits per heavy atom. The maximum atomic E-state index is 12.1. The van der Waals surface area contributed by atoms with E-state index in [1.54, 1.807) is 6.08 Å². The molecule has 0 fully saturated rings. The molecule has 0 spiro atoms. The fraction of sp³-hybridized carbons (Fsp3) is 0.190. The maximum absolute atomic E-state index is 12.1. The Balaban J connectivity index is 2.25. The van der Waals surface area contributed by atoms with Gasteiger partial charge in [-0.2, -0.15) is 0 Å². The normalized spacial score (nSPS) is 10.9. The van der Waals surface area contributed by atoms with Crippen LogP contribution in [0.15, 0.2) is 58.6 Å². The Kier molecular flexibility index (Phi) is 7.94. The number of carbonyl (C=O) groups is 1. The van der Waals surface area contributed by atoms with Crippen molar-refractivity contribution in [2.75, 3.05) is 20.2 Å². The number of carbonyl (C=O) groups excluding carboxylic acids is 1. The van der Waals surface area contributed by atoms with Crippen LogP contribution in [-0.4, -0.2) is 26.2 Å². The number of halogens is 1. The van der Waals surface area contributed by atoms with Crippen LogP contribution in [0.1, 0.15) is 11.1 Å². The van der Waals surface area contributed by atoms with E-state index in [2.05, 4.69) is 27.2 Å². The standard InChI is InChI=1S/C21H20BrNO3/c1-3-11-23-14-18(21(24)25-2)12-17-13-19(22)9-10-20(17)26-15-16-7-5-4-6-8-16/h1,4-10,12-13,23H,11,14-15H2,2H3/b18-12+. The van der Waals surface area contributed by atoms with Crippen LogP contribution in [0.4, 0.5) is 0 Å². The highest BCUT2D eigenvalue weighted by atomic mass is 79.9. The molecule has 5 heteroatoms. The van der Waals surface area contributed by atoms with E-state index in [0.29, 0.717) is 31.0 Å². The van der Waals surface area contributed by atoms with Gasteiger partial charge in [0.05, 0.1) is 19.2 Å². The van der Waals surface area contributed by atoms with E-state index in [1.807, 2.05) is 48.5 Å². The van der Waals surface area contributed by atoms with Gasteiger partial charge in [0.15, 0.2) is 0 Å². The molecule has 0 aromatic heterocycles.